The number of amides is 1. The molecule has 156 valence electrons. The molecule has 1 atom stereocenters. The van der Waals surface area contributed by atoms with Crippen LogP contribution in [0.25, 0.3) is 22.3 Å². The fraction of sp³-hybridized carbons (Fsp3) is 0.227. The lowest BCUT2D eigenvalue weighted by Crippen LogP contribution is -2.25. The average molecular weight is 416 g/mol. The zero-order valence-corrected chi connectivity index (χ0v) is 16.9. The Labute approximate surface area is 177 Å². The molecule has 0 saturated carbocycles. The minimum Gasteiger partial charge on any atom is -0.493 e. The number of aryl methyl sites for hydroxylation is 1. The zero-order chi connectivity index (χ0) is 21.2. The van der Waals surface area contributed by atoms with Crippen LogP contribution < -0.4 is 4.74 Å². The molecule has 0 radical (unpaired) electrons. The number of benzene rings is 1. The van der Waals surface area contributed by atoms with Crippen molar-refractivity contribution < 1.29 is 14.1 Å². The highest BCUT2D eigenvalue weighted by molar-refractivity contribution is 5.92. The molecule has 0 fully saturated rings. The van der Waals surface area contributed by atoms with Crippen molar-refractivity contribution in [3.63, 3.8) is 0 Å². The van der Waals surface area contributed by atoms with E-state index in [0.29, 0.717) is 29.6 Å². The topological polar surface area (TPSA) is 110 Å². The quantitative estimate of drug-likeness (QED) is 0.300. The molecule has 4 aromatic rings. The van der Waals surface area contributed by atoms with Crippen LogP contribution in [0.4, 0.5) is 5.82 Å². The second kappa shape index (κ2) is 8.02. The van der Waals surface area contributed by atoms with Gasteiger partial charge in [0.15, 0.2) is 5.82 Å². The van der Waals surface area contributed by atoms with Crippen LogP contribution in [0.5, 0.6) is 5.75 Å². The molecule has 9 nitrogen and oxygen atoms in total. The van der Waals surface area contributed by atoms with Gasteiger partial charge in [0.05, 0.1) is 18.2 Å². The van der Waals surface area contributed by atoms with Crippen LogP contribution in [0.3, 0.4) is 0 Å². The third kappa shape index (κ3) is 3.65. The van der Waals surface area contributed by atoms with Gasteiger partial charge in [0.1, 0.15) is 29.2 Å². The Balaban J connectivity index is 1.42. The number of aromatic nitrogens is 4. The normalized spacial score (nSPS) is 16.1. The molecule has 1 N–H and O–H groups in total. The van der Waals surface area contributed by atoms with Crippen LogP contribution in [-0.2, 0) is 4.79 Å². The first-order valence-corrected chi connectivity index (χ1v) is 9.99. The number of aromatic amines is 1. The van der Waals surface area contributed by atoms with E-state index >= 15 is 0 Å². The number of fused-ring (bicyclic) bond motifs is 2. The third-order valence-electron chi connectivity index (χ3n) is 5.27. The number of hydrogen-bond acceptors (Lipinski definition) is 7. The molecule has 1 aliphatic rings. The molecule has 1 aromatic carbocycles. The van der Waals surface area contributed by atoms with E-state index in [1.54, 1.807) is 17.2 Å². The van der Waals surface area contributed by atoms with Crippen molar-refractivity contribution in [2.45, 2.75) is 25.8 Å². The lowest BCUT2D eigenvalue weighted by Gasteiger charge is -2.24. The Morgan fingerprint density at radius 2 is 2.19 bits per heavy atom. The second-order valence-electron chi connectivity index (χ2n) is 7.32. The lowest BCUT2D eigenvalue weighted by atomic mass is 10.0. The van der Waals surface area contributed by atoms with Gasteiger partial charge < -0.3 is 9.26 Å². The minimum absolute atomic E-state index is 0.141. The maximum Gasteiger partial charge on any atom is 0.215 e. The third-order valence-corrected chi connectivity index (χ3v) is 5.27. The van der Waals surface area contributed by atoms with Gasteiger partial charge in [-0.05, 0) is 25.8 Å². The number of hydrogen-bond donors (Lipinski definition) is 1. The van der Waals surface area contributed by atoms with Crippen molar-refractivity contribution in [3.05, 3.63) is 53.9 Å². The lowest BCUT2D eigenvalue weighted by molar-refractivity contribution is -0.116. The first-order valence-electron chi connectivity index (χ1n) is 9.99. The summed E-state index contributed by atoms with van der Waals surface area (Å²) in [5.74, 6) is 1.97. The van der Waals surface area contributed by atoms with Crippen molar-refractivity contribution in [1.29, 1.82) is 0 Å². The summed E-state index contributed by atoms with van der Waals surface area (Å²) in [6, 6.07) is 11.2. The molecule has 0 aliphatic carbocycles. The highest BCUT2D eigenvalue weighted by atomic mass is 16.5. The molecule has 5 rings (SSSR count). The number of H-pyrrole nitrogens is 1. The van der Waals surface area contributed by atoms with E-state index < -0.39 is 0 Å². The summed E-state index contributed by atoms with van der Waals surface area (Å²) in [4.78, 5) is 22.3. The maximum absolute atomic E-state index is 11.9. The van der Waals surface area contributed by atoms with E-state index in [4.69, 9.17) is 9.26 Å². The number of carbonyl (C=O) groups excluding carboxylic acids is 1. The Morgan fingerprint density at radius 1 is 1.29 bits per heavy atom. The van der Waals surface area contributed by atoms with Gasteiger partial charge >= 0.3 is 0 Å². The van der Waals surface area contributed by atoms with Gasteiger partial charge in [0.25, 0.3) is 0 Å². The van der Waals surface area contributed by atoms with Gasteiger partial charge in [-0.25, -0.2) is 9.98 Å². The highest BCUT2D eigenvalue weighted by Gasteiger charge is 2.24. The van der Waals surface area contributed by atoms with E-state index in [9.17, 15) is 4.79 Å². The van der Waals surface area contributed by atoms with Crippen molar-refractivity contribution in [2.24, 2.45) is 4.99 Å². The van der Waals surface area contributed by atoms with Gasteiger partial charge in [-0.3, -0.25) is 14.8 Å². The van der Waals surface area contributed by atoms with Crippen LogP contribution in [0.15, 0.2) is 52.1 Å². The molecule has 1 unspecified atom stereocenters. The van der Waals surface area contributed by atoms with Crippen molar-refractivity contribution in [1.82, 2.24) is 25.2 Å². The number of carbonyl (C=O) groups is 1. The fourth-order valence-electron chi connectivity index (χ4n) is 3.76. The Morgan fingerprint density at radius 3 is 3.03 bits per heavy atom. The molecular formula is C22H20N6O3. The predicted octanol–water partition coefficient (Wildman–Crippen LogP) is 3.95. The molecular weight excluding hydrogens is 396 g/mol. The molecule has 3 aromatic heterocycles. The number of rotatable bonds is 5. The van der Waals surface area contributed by atoms with Crippen LogP contribution in [0.2, 0.25) is 0 Å². The molecule has 0 saturated heterocycles. The monoisotopic (exact) mass is 416 g/mol. The highest BCUT2D eigenvalue weighted by Crippen LogP contribution is 2.34. The summed E-state index contributed by atoms with van der Waals surface area (Å²) in [6.45, 7) is 2.46. The number of nitrogens with zero attached hydrogens (tertiary/aromatic N) is 5. The van der Waals surface area contributed by atoms with Crippen LogP contribution in [-0.4, -0.2) is 44.6 Å². The number of ether oxygens (including phenoxy) is 1. The molecule has 0 spiro atoms. The Bertz CT molecular complexity index is 1260. The first-order chi connectivity index (χ1) is 15.2. The Hall–Kier alpha value is -4.01. The second-order valence-corrected chi connectivity index (χ2v) is 7.32. The first kappa shape index (κ1) is 19.0. The van der Waals surface area contributed by atoms with Crippen molar-refractivity contribution in [3.8, 4) is 17.1 Å². The number of para-hydroxylation sites is 1. The van der Waals surface area contributed by atoms with Gasteiger partial charge in [-0.2, -0.15) is 5.10 Å². The van der Waals surface area contributed by atoms with Crippen LogP contribution in [0.1, 0.15) is 30.2 Å². The molecule has 1 aliphatic heterocycles. The molecule has 31 heavy (non-hydrogen) atoms. The van der Waals surface area contributed by atoms with E-state index in [-0.39, 0.29) is 6.04 Å². The van der Waals surface area contributed by atoms with Crippen LogP contribution >= 0.6 is 0 Å². The van der Waals surface area contributed by atoms with Crippen LogP contribution in [0, 0.1) is 6.92 Å². The summed E-state index contributed by atoms with van der Waals surface area (Å²) in [5, 5.41) is 12.1. The summed E-state index contributed by atoms with van der Waals surface area (Å²) in [7, 11) is 0. The van der Waals surface area contributed by atoms with Gasteiger partial charge in [0, 0.05) is 29.3 Å². The molecule has 1 amide bonds. The van der Waals surface area contributed by atoms with Gasteiger partial charge in [-0.1, -0.05) is 23.4 Å². The maximum atomic E-state index is 11.9. The molecule has 9 heteroatoms. The number of nitrogens with one attached hydrogen (secondary N) is 1. The zero-order valence-electron chi connectivity index (χ0n) is 16.9. The van der Waals surface area contributed by atoms with Gasteiger partial charge in [0.2, 0.25) is 6.41 Å². The van der Waals surface area contributed by atoms with Crippen molar-refractivity contribution >= 4 is 29.5 Å². The SMILES string of the molecule is Cc1cc(-c2n[nH]c3cc(N=CN(C=O)C4CCCOc5ccccc54)ncc23)no1. The summed E-state index contributed by atoms with van der Waals surface area (Å²) in [6.07, 6.45) is 5.63. The molecule has 0 bridgehead atoms. The predicted molar refractivity (Wildman–Crippen MR) is 114 cm³/mol. The minimum atomic E-state index is -0.141. The van der Waals surface area contributed by atoms with E-state index in [2.05, 4.69) is 25.3 Å². The smallest absolute Gasteiger partial charge is 0.215 e. The fourth-order valence-corrected chi connectivity index (χ4v) is 3.76. The standard InChI is InChI=1S/C22H20N6O3/c1-14-9-18(27-31-14)22-16-11-23-21(10-17(16)25-26-22)24-12-28(13-29)19-6-4-8-30-20-7-3-2-5-15(19)20/h2-3,5,7,9-13,19H,4,6,8H2,1H3,(H,25,26). The Kier molecular flexibility index (Phi) is 4.91. The largest absolute Gasteiger partial charge is 0.493 e. The van der Waals surface area contributed by atoms with E-state index in [0.717, 1.165) is 41.5 Å². The number of pyridine rings is 1. The van der Waals surface area contributed by atoms with E-state index in [1.165, 1.54) is 6.34 Å². The van der Waals surface area contributed by atoms with Gasteiger partial charge in [-0.15, -0.1) is 0 Å². The van der Waals surface area contributed by atoms with Crippen molar-refractivity contribution in [2.75, 3.05) is 6.61 Å². The average Bonchev–Trinajstić information content (AvgIpc) is 3.35. The molecule has 4 heterocycles. The summed E-state index contributed by atoms with van der Waals surface area (Å²) in [5.41, 5.74) is 3.05. The summed E-state index contributed by atoms with van der Waals surface area (Å²) >= 11 is 0. The van der Waals surface area contributed by atoms with E-state index in [1.807, 2.05) is 37.3 Å². The number of aliphatic imine (C=N–C) groups is 1. The summed E-state index contributed by atoms with van der Waals surface area (Å²) < 4.78 is 10.9.